The number of amides is 2. The number of benzene rings is 2. The predicted molar refractivity (Wildman–Crippen MR) is 115 cm³/mol. The number of thioether (sulfide) groups is 1. The lowest BCUT2D eigenvalue weighted by Crippen LogP contribution is -2.43. The number of methoxy groups -OCH3 is 1. The fourth-order valence-corrected chi connectivity index (χ4v) is 4.27. The van der Waals surface area contributed by atoms with Crippen LogP contribution in [0.2, 0.25) is 0 Å². The molecule has 1 fully saturated rings. The first-order valence-corrected chi connectivity index (χ1v) is 10.3. The van der Waals surface area contributed by atoms with E-state index in [1.54, 1.807) is 54.1 Å². The molecule has 4 rings (SSSR count). The second-order valence-corrected chi connectivity index (χ2v) is 7.56. The van der Waals surface area contributed by atoms with Crippen LogP contribution < -0.4 is 10.1 Å². The Morgan fingerprint density at radius 2 is 2.00 bits per heavy atom. The highest BCUT2D eigenvalue weighted by Gasteiger charge is 2.33. The second kappa shape index (κ2) is 8.45. The van der Waals surface area contributed by atoms with Crippen molar-refractivity contribution >= 4 is 46.3 Å². The van der Waals surface area contributed by atoms with Gasteiger partial charge in [0.15, 0.2) is 0 Å². The van der Waals surface area contributed by atoms with Crippen molar-refractivity contribution in [2.45, 2.75) is 6.04 Å². The number of fused-ring (bicyclic) bond motifs is 1. The molecule has 2 aromatic carbocycles. The van der Waals surface area contributed by atoms with Gasteiger partial charge in [-0.2, -0.15) is 0 Å². The first kappa shape index (κ1) is 19.1. The van der Waals surface area contributed by atoms with E-state index in [1.807, 2.05) is 30.3 Å². The average Bonchev–Trinajstić information content (AvgIpc) is 3.39. The van der Waals surface area contributed by atoms with Gasteiger partial charge >= 0.3 is 0 Å². The molecule has 1 saturated heterocycles. The van der Waals surface area contributed by atoms with Gasteiger partial charge in [-0.05, 0) is 42.5 Å². The maximum absolute atomic E-state index is 12.7. The number of hydrogen-bond acceptors (Lipinski definition) is 5. The Morgan fingerprint density at radius 3 is 2.76 bits per heavy atom. The van der Waals surface area contributed by atoms with Crippen LogP contribution in [0.15, 0.2) is 65.1 Å². The fourth-order valence-electron chi connectivity index (χ4n) is 3.11. The molecule has 7 heteroatoms. The third kappa shape index (κ3) is 4.30. The van der Waals surface area contributed by atoms with Gasteiger partial charge in [-0.3, -0.25) is 9.59 Å². The summed E-state index contributed by atoms with van der Waals surface area (Å²) in [5.74, 6) is 1.93. The van der Waals surface area contributed by atoms with Crippen molar-refractivity contribution in [2.24, 2.45) is 0 Å². The molecule has 3 aromatic rings. The standard InChI is InChI=1S/C22H20N2O4S/c1-27-17-8-6-16(7-9-17)23-22(26)19-13-29-14-24(19)21(25)11-10-18-12-15-4-2-3-5-20(15)28-18/h2-12,19H,13-14H2,1H3,(H,23,26)/b11-10+. The molecule has 1 aromatic heterocycles. The molecule has 1 unspecified atom stereocenters. The van der Waals surface area contributed by atoms with Gasteiger partial charge in [0.05, 0.1) is 13.0 Å². The van der Waals surface area contributed by atoms with E-state index in [0.717, 1.165) is 11.0 Å². The number of carbonyl (C=O) groups excluding carboxylic acids is 2. The number of nitrogens with one attached hydrogen (secondary N) is 1. The summed E-state index contributed by atoms with van der Waals surface area (Å²) in [6, 6.07) is 16.1. The number of rotatable bonds is 5. The van der Waals surface area contributed by atoms with Crippen LogP contribution in [0.25, 0.3) is 17.0 Å². The van der Waals surface area contributed by atoms with Crippen LogP contribution in [-0.4, -0.2) is 41.5 Å². The van der Waals surface area contributed by atoms with E-state index in [9.17, 15) is 9.59 Å². The number of anilines is 1. The van der Waals surface area contributed by atoms with Crippen LogP contribution in [0.4, 0.5) is 5.69 Å². The van der Waals surface area contributed by atoms with Gasteiger partial charge in [0.2, 0.25) is 11.8 Å². The van der Waals surface area contributed by atoms with E-state index in [1.165, 1.54) is 6.08 Å². The third-order valence-corrected chi connectivity index (χ3v) is 5.67. The fraction of sp³-hybridized carbons (Fsp3) is 0.182. The van der Waals surface area contributed by atoms with Gasteiger partial charge in [0, 0.05) is 22.9 Å². The van der Waals surface area contributed by atoms with Gasteiger partial charge in [0.25, 0.3) is 0 Å². The molecule has 29 heavy (non-hydrogen) atoms. The van der Waals surface area contributed by atoms with Crippen molar-refractivity contribution in [3.8, 4) is 5.75 Å². The molecular formula is C22H20N2O4S. The van der Waals surface area contributed by atoms with E-state index in [-0.39, 0.29) is 11.8 Å². The summed E-state index contributed by atoms with van der Waals surface area (Å²) in [5, 5.41) is 3.85. The van der Waals surface area contributed by atoms with Crippen molar-refractivity contribution in [3.63, 3.8) is 0 Å². The average molecular weight is 408 g/mol. The number of hydrogen-bond donors (Lipinski definition) is 1. The van der Waals surface area contributed by atoms with E-state index in [0.29, 0.717) is 28.8 Å². The number of furan rings is 1. The lowest BCUT2D eigenvalue weighted by Gasteiger charge is -2.21. The maximum Gasteiger partial charge on any atom is 0.248 e. The molecule has 0 bridgehead atoms. The van der Waals surface area contributed by atoms with Crippen LogP contribution in [-0.2, 0) is 9.59 Å². The maximum atomic E-state index is 12.7. The minimum Gasteiger partial charge on any atom is -0.497 e. The molecule has 1 aliphatic heterocycles. The number of ether oxygens (including phenoxy) is 1. The smallest absolute Gasteiger partial charge is 0.248 e. The first-order valence-electron chi connectivity index (χ1n) is 9.14. The molecule has 0 radical (unpaired) electrons. The quantitative estimate of drug-likeness (QED) is 0.646. The summed E-state index contributed by atoms with van der Waals surface area (Å²) in [4.78, 5) is 26.9. The molecular weight excluding hydrogens is 388 g/mol. The van der Waals surface area contributed by atoms with Crippen LogP contribution in [0.1, 0.15) is 5.76 Å². The zero-order valence-corrected chi connectivity index (χ0v) is 16.6. The van der Waals surface area contributed by atoms with E-state index in [4.69, 9.17) is 9.15 Å². The lowest BCUT2D eigenvalue weighted by molar-refractivity contribution is -0.132. The Morgan fingerprint density at radius 1 is 1.21 bits per heavy atom. The van der Waals surface area contributed by atoms with Gasteiger partial charge in [-0.1, -0.05) is 18.2 Å². The highest BCUT2D eigenvalue weighted by molar-refractivity contribution is 7.99. The Hall–Kier alpha value is -3.19. The number of nitrogens with zero attached hydrogens (tertiary/aromatic N) is 1. The molecule has 2 heterocycles. The summed E-state index contributed by atoms with van der Waals surface area (Å²) in [7, 11) is 1.59. The molecule has 148 valence electrons. The van der Waals surface area contributed by atoms with E-state index < -0.39 is 6.04 Å². The SMILES string of the molecule is COc1ccc(NC(=O)C2CSCN2C(=O)/C=C/c2cc3ccccc3o2)cc1. The summed E-state index contributed by atoms with van der Waals surface area (Å²) >= 11 is 1.56. The van der Waals surface area contributed by atoms with Crippen LogP contribution >= 0.6 is 11.8 Å². The topological polar surface area (TPSA) is 71.8 Å². The zero-order chi connectivity index (χ0) is 20.2. The highest BCUT2D eigenvalue weighted by Crippen LogP contribution is 2.24. The zero-order valence-electron chi connectivity index (χ0n) is 15.8. The summed E-state index contributed by atoms with van der Waals surface area (Å²) in [6.07, 6.45) is 3.10. The van der Waals surface area contributed by atoms with Gasteiger partial charge in [0.1, 0.15) is 23.1 Å². The second-order valence-electron chi connectivity index (χ2n) is 6.56. The molecule has 0 aliphatic carbocycles. The van der Waals surface area contributed by atoms with Crippen molar-refractivity contribution in [1.82, 2.24) is 4.90 Å². The summed E-state index contributed by atoms with van der Waals surface area (Å²) < 4.78 is 10.8. The Kier molecular flexibility index (Phi) is 5.57. The Bertz CT molecular complexity index is 1030. The van der Waals surface area contributed by atoms with E-state index >= 15 is 0 Å². The molecule has 0 spiro atoms. The van der Waals surface area contributed by atoms with Crippen molar-refractivity contribution in [1.29, 1.82) is 0 Å². The first-order chi connectivity index (χ1) is 14.1. The molecule has 6 nitrogen and oxygen atoms in total. The molecule has 0 saturated carbocycles. The molecule has 2 amide bonds. The molecule has 1 atom stereocenters. The normalized spacial score (nSPS) is 16.4. The predicted octanol–water partition coefficient (Wildman–Crippen LogP) is 3.99. The summed E-state index contributed by atoms with van der Waals surface area (Å²) in [6.45, 7) is 0. The van der Waals surface area contributed by atoms with Crippen molar-refractivity contribution in [3.05, 3.63) is 66.4 Å². The minimum atomic E-state index is -0.519. The van der Waals surface area contributed by atoms with Crippen LogP contribution in [0.3, 0.4) is 0 Å². The minimum absolute atomic E-state index is 0.203. The van der Waals surface area contributed by atoms with Crippen LogP contribution in [0, 0.1) is 0 Å². The summed E-state index contributed by atoms with van der Waals surface area (Å²) in [5.41, 5.74) is 1.44. The Labute approximate surface area is 172 Å². The highest BCUT2D eigenvalue weighted by atomic mass is 32.2. The van der Waals surface area contributed by atoms with Crippen molar-refractivity contribution in [2.75, 3.05) is 24.1 Å². The van der Waals surface area contributed by atoms with Crippen LogP contribution in [0.5, 0.6) is 5.75 Å². The van der Waals surface area contributed by atoms with Crippen molar-refractivity contribution < 1.29 is 18.7 Å². The van der Waals surface area contributed by atoms with E-state index in [2.05, 4.69) is 5.32 Å². The molecule has 1 N–H and O–H groups in total. The third-order valence-electron chi connectivity index (χ3n) is 4.66. The van der Waals surface area contributed by atoms with Gasteiger partial charge in [-0.15, -0.1) is 11.8 Å². The van der Waals surface area contributed by atoms with Gasteiger partial charge in [-0.25, -0.2) is 0 Å². The number of para-hydroxylation sites is 1. The number of carbonyl (C=O) groups is 2. The monoisotopic (exact) mass is 408 g/mol. The largest absolute Gasteiger partial charge is 0.497 e. The lowest BCUT2D eigenvalue weighted by atomic mass is 10.2. The molecule has 1 aliphatic rings. The Balaban J connectivity index is 1.42. The van der Waals surface area contributed by atoms with Gasteiger partial charge < -0.3 is 19.4 Å².